The molecule has 0 saturated heterocycles. The summed E-state index contributed by atoms with van der Waals surface area (Å²) in [6, 6.07) is 3.33. The molecular weight excluding hydrogens is 220 g/mol. The molecule has 0 aliphatic heterocycles. The fourth-order valence-corrected chi connectivity index (χ4v) is 1.97. The van der Waals surface area contributed by atoms with Crippen molar-refractivity contribution in [2.24, 2.45) is 0 Å². The topological polar surface area (TPSA) is 33.1 Å². The van der Waals surface area contributed by atoms with Crippen molar-refractivity contribution in [1.29, 1.82) is 0 Å². The van der Waals surface area contributed by atoms with Crippen molar-refractivity contribution in [3.05, 3.63) is 40.9 Å². The largest absolute Gasteiger partial charge is 0.391 e. The van der Waals surface area contributed by atoms with Crippen LogP contribution in [0.2, 0.25) is 0 Å². The van der Waals surface area contributed by atoms with Gasteiger partial charge in [-0.1, -0.05) is 0 Å². The molecule has 15 heavy (non-hydrogen) atoms. The maximum atomic E-state index is 13.3. The van der Waals surface area contributed by atoms with Crippen molar-refractivity contribution in [3.8, 4) is 10.6 Å². The van der Waals surface area contributed by atoms with Gasteiger partial charge >= 0.3 is 0 Å². The smallest absolute Gasteiger partial charge is 0.136 e. The Balaban J connectivity index is 2.44. The summed E-state index contributed by atoms with van der Waals surface area (Å²) < 4.78 is 26.0. The summed E-state index contributed by atoms with van der Waals surface area (Å²) in [5.74, 6) is -1.26. The van der Waals surface area contributed by atoms with Gasteiger partial charge in [0.25, 0.3) is 0 Å². The zero-order chi connectivity index (χ0) is 10.8. The van der Waals surface area contributed by atoms with Crippen LogP contribution in [0.5, 0.6) is 0 Å². The molecule has 0 aliphatic rings. The number of rotatable bonds is 2. The lowest BCUT2D eigenvalue weighted by Crippen LogP contribution is -1.84. The van der Waals surface area contributed by atoms with Crippen LogP contribution < -0.4 is 0 Å². The fourth-order valence-electron chi connectivity index (χ4n) is 1.17. The summed E-state index contributed by atoms with van der Waals surface area (Å²) in [6.07, 6.45) is 1.47. The number of halogens is 2. The van der Waals surface area contributed by atoms with Crippen LogP contribution in [0.3, 0.4) is 0 Å². The van der Waals surface area contributed by atoms with Gasteiger partial charge in [0.15, 0.2) is 0 Å². The van der Waals surface area contributed by atoms with E-state index in [4.69, 9.17) is 5.11 Å². The second kappa shape index (κ2) is 4.04. The monoisotopic (exact) mass is 227 g/mol. The summed E-state index contributed by atoms with van der Waals surface area (Å²) in [7, 11) is 0. The van der Waals surface area contributed by atoms with E-state index in [1.54, 1.807) is 0 Å². The average molecular weight is 227 g/mol. The number of thiazole rings is 1. The molecule has 78 valence electrons. The first-order chi connectivity index (χ1) is 7.20. The molecule has 2 aromatic rings. The molecule has 0 saturated carbocycles. The van der Waals surface area contributed by atoms with Crippen LogP contribution in [0.1, 0.15) is 4.88 Å². The van der Waals surface area contributed by atoms with Gasteiger partial charge < -0.3 is 5.11 Å². The molecule has 0 aliphatic carbocycles. The van der Waals surface area contributed by atoms with Crippen molar-refractivity contribution in [3.63, 3.8) is 0 Å². The van der Waals surface area contributed by atoms with Crippen molar-refractivity contribution in [1.82, 2.24) is 4.98 Å². The molecule has 0 unspecified atom stereocenters. The van der Waals surface area contributed by atoms with E-state index in [9.17, 15) is 8.78 Å². The van der Waals surface area contributed by atoms with E-state index >= 15 is 0 Å². The zero-order valence-electron chi connectivity index (χ0n) is 7.58. The number of nitrogens with zero attached hydrogens (tertiary/aromatic N) is 1. The second-order valence-corrected chi connectivity index (χ2v) is 4.03. The Hall–Kier alpha value is -1.33. The predicted molar refractivity (Wildman–Crippen MR) is 53.4 cm³/mol. The number of aliphatic hydroxyl groups is 1. The molecule has 1 heterocycles. The molecule has 0 spiro atoms. The third-order valence-corrected chi connectivity index (χ3v) is 2.89. The van der Waals surface area contributed by atoms with E-state index in [1.165, 1.54) is 29.7 Å². The number of aromatic nitrogens is 1. The predicted octanol–water partition coefficient (Wildman–Crippen LogP) is 2.58. The van der Waals surface area contributed by atoms with Gasteiger partial charge in [-0.25, -0.2) is 13.8 Å². The maximum absolute atomic E-state index is 13.3. The van der Waals surface area contributed by atoms with Crippen LogP contribution in [0.15, 0.2) is 24.4 Å². The SMILES string of the molecule is OCc1cnc(-c2ccc(F)cc2F)s1. The minimum absolute atomic E-state index is 0.125. The lowest BCUT2D eigenvalue weighted by Gasteiger charge is -1.98. The Morgan fingerprint density at radius 1 is 1.33 bits per heavy atom. The Bertz CT molecular complexity index is 484. The molecule has 0 radical (unpaired) electrons. The molecule has 2 rings (SSSR count). The van der Waals surface area contributed by atoms with E-state index in [-0.39, 0.29) is 12.2 Å². The fraction of sp³-hybridized carbons (Fsp3) is 0.100. The zero-order valence-corrected chi connectivity index (χ0v) is 8.39. The number of hydrogen-bond acceptors (Lipinski definition) is 3. The lowest BCUT2D eigenvalue weighted by atomic mass is 10.2. The highest BCUT2D eigenvalue weighted by Gasteiger charge is 2.10. The summed E-state index contributed by atoms with van der Waals surface area (Å²) >= 11 is 1.18. The average Bonchev–Trinajstić information content (AvgIpc) is 2.66. The molecule has 1 aromatic carbocycles. The lowest BCUT2D eigenvalue weighted by molar-refractivity contribution is 0.285. The Morgan fingerprint density at radius 3 is 2.73 bits per heavy atom. The maximum Gasteiger partial charge on any atom is 0.136 e. The number of aliphatic hydroxyl groups excluding tert-OH is 1. The Morgan fingerprint density at radius 2 is 2.13 bits per heavy atom. The van der Waals surface area contributed by atoms with E-state index < -0.39 is 11.6 Å². The molecule has 0 fully saturated rings. The van der Waals surface area contributed by atoms with E-state index in [0.29, 0.717) is 9.88 Å². The summed E-state index contributed by atoms with van der Waals surface area (Å²) in [5.41, 5.74) is 0.251. The highest BCUT2D eigenvalue weighted by Crippen LogP contribution is 2.27. The van der Waals surface area contributed by atoms with Crippen molar-refractivity contribution in [2.75, 3.05) is 0 Å². The van der Waals surface area contributed by atoms with Crippen LogP contribution in [-0.4, -0.2) is 10.1 Å². The van der Waals surface area contributed by atoms with Gasteiger partial charge in [0.05, 0.1) is 11.5 Å². The third-order valence-electron chi connectivity index (χ3n) is 1.87. The number of hydrogen-bond donors (Lipinski definition) is 1. The quantitative estimate of drug-likeness (QED) is 0.855. The van der Waals surface area contributed by atoms with Crippen LogP contribution >= 0.6 is 11.3 Å². The molecule has 0 atom stereocenters. The molecule has 2 nitrogen and oxygen atoms in total. The van der Waals surface area contributed by atoms with Crippen LogP contribution in [0, 0.1) is 11.6 Å². The van der Waals surface area contributed by atoms with Gasteiger partial charge in [0, 0.05) is 17.8 Å². The minimum Gasteiger partial charge on any atom is -0.391 e. The highest BCUT2D eigenvalue weighted by atomic mass is 32.1. The van der Waals surface area contributed by atoms with Gasteiger partial charge in [-0.2, -0.15) is 0 Å². The van der Waals surface area contributed by atoms with Crippen molar-refractivity contribution in [2.45, 2.75) is 6.61 Å². The summed E-state index contributed by atoms with van der Waals surface area (Å²) in [6.45, 7) is -0.125. The van der Waals surface area contributed by atoms with Gasteiger partial charge in [-0.3, -0.25) is 0 Å². The molecule has 1 N–H and O–H groups in total. The standard InChI is InChI=1S/C10H7F2NOS/c11-6-1-2-8(9(12)3-6)10-13-4-7(5-14)15-10/h1-4,14H,5H2. The van der Waals surface area contributed by atoms with Gasteiger partial charge in [-0.15, -0.1) is 11.3 Å². The number of benzene rings is 1. The van der Waals surface area contributed by atoms with Crippen LogP contribution in [0.4, 0.5) is 8.78 Å². The van der Waals surface area contributed by atoms with E-state index in [2.05, 4.69) is 4.98 Å². The molecule has 0 bridgehead atoms. The first-order valence-corrected chi connectivity index (χ1v) is 5.03. The molecule has 0 amide bonds. The van der Waals surface area contributed by atoms with Crippen molar-refractivity contribution >= 4 is 11.3 Å². The molecular formula is C10H7F2NOS. The normalized spacial score (nSPS) is 10.6. The van der Waals surface area contributed by atoms with E-state index in [1.807, 2.05) is 0 Å². The van der Waals surface area contributed by atoms with Gasteiger partial charge in [0.2, 0.25) is 0 Å². The third kappa shape index (κ3) is 2.03. The second-order valence-electron chi connectivity index (χ2n) is 2.91. The minimum atomic E-state index is -0.645. The highest BCUT2D eigenvalue weighted by molar-refractivity contribution is 7.15. The van der Waals surface area contributed by atoms with Crippen molar-refractivity contribution < 1.29 is 13.9 Å². The summed E-state index contributed by atoms with van der Waals surface area (Å²) in [4.78, 5) is 4.59. The molecule has 5 heteroatoms. The molecule has 1 aromatic heterocycles. The summed E-state index contributed by atoms with van der Waals surface area (Å²) in [5, 5.41) is 9.27. The first kappa shape index (κ1) is 10.2. The first-order valence-electron chi connectivity index (χ1n) is 4.21. The van der Waals surface area contributed by atoms with Crippen LogP contribution in [0.25, 0.3) is 10.6 Å². The Kier molecular flexibility index (Phi) is 2.75. The van der Waals surface area contributed by atoms with Crippen LogP contribution in [-0.2, 0) is 6.61 Å². The van der Waals surface area contributed by atoms with Gasteiger partial charge in [-0.05, 0) is 12.1 Å². The Labute approximate surface area is 88.8 Å². The van der Waals surface area contributed by atoms with Gasteiger partial charge in [0.1, 0.15) is 16.6 Å². The van der Waals surface area contributed by atoms with E-state index in [0.717, 1.165) is 6.07 Å².